The van der Waals surface area contributed by atoms with Crippen LogP contribution in [0.25, 0.3) is 10.9 Å². The van der Waals surface area contributed by atoms with Crippen molar-refractivity contribution in [1.82, 2.24) is 14.8 Å². The Hall–Kier alpha value is -2.92. The highest BCUT2D eigenvalue weighted by Crippen LogP contribution is 2.22. The van der Waals surface area contributed by atoms with Crippen LogP contribution in [0.2, 0.25) is 0 Å². The lowest BCUT2D eigenvalue weighted by molar-refractivity contribution is 0.0477. The number of piperazine rings is 1. The van der Waals surface area contributed by atoms with Crippen LogP contribution in [0.15, 0.2) is 60.8 Å². The summed E-state index contributed by atoms with van der Waals surface area (Å²) in [7, 11) is 1.69. The fourth-order valence-electron chi connectivity index (χ4n) is 3.95. The van der Waals surface area contributed by atoms with Crippen LogP contribution in [0, 0.1) is 0 Å². The van der Waals surface area contributed by atoms with Crippen molar-refractivity contribution in [3.8, 4) is 5.75 Å². The van der Waals surface area contributed by atoms with Crippen molar-refractivity contribution in [1.29, 1.82) is 0 Å². The second-order valence-corrected chi connectivity index (χ2v) is 7.31. The van der Waals surface area contributed by atoms with Gasteiger partial charge in [-0.3, -0.25) is 14.7 Å². The number of methoxy groups -OCH3 is 1. The Morgan fingerprint density at radius 3 is 2.82 bits per heavy atom. The van der Waals surface area contributed by atoms with Gasteiger partial charge in [0.1, 0.15) is 5.75 Å². The smallest absolute Gasteiger partial charge is 0.254 e. The predicted molar refractivity (Wildman–Crippen MR) is 111 cm³/mol. The maximum atomic E-state index is 13.2. The Labute approximate surface area is 165 Å². The van der Waals surface area contributed by atoms with Crippen LogP contribution in [-0.2, 0) is 6.54 Å². The number of carbonyl (C=O) groups is 1. The van der Waals surface area contributed by atoms with Gasteiger partial charge in [-0.15, -0.1) is 0 Å². The van der Waals surface area contributed by atoms with E-state index in [0.717, 1.165) is 48.4 Å². The summed E-state index contributed by atoms with van der Waals surface area (Å²) in [5.41, 5.74) is 2.82. The standard InChI is InChI=1S/C23H25N3O2/c1-17-15-25(16-18-6-3-7-19(14-18)28-2)12-13-26(17)23(27)21-8-4-10-22-20(21)9-5-11-24-22/h3-11,14,17H,12-13,15-16H2,1-2H3/t17-/m0/s1. The molecule has 2 aromatic carbocycles. The van der Waals surface area contributed by atoms with E-state index in [1.807, 2.05) is 47.4 Å². The predicted octanol–water partition coefficient (Wildman–Crippen LogP) is 3.59. The molecule has 0 aliphatic carbocycles. The topological polar surface area (TPSA) is 45.7 Å². The van der Waals surface area contributed by atoms with Gasteiger partial charge in [0.2, 0.25) is 0 Å². The van der Waals surface area contributed by atoms with E-state index in [9.17, 15) is 4.79 Å². The number of amides is 1. The minimum atomic E-state index is 0.0899. The van der Waals surface area contributed by atoms with Gasteiger partial charge in [-0.05, 0) is 42.8 Å². The fourth-order valence-corrected chi connectivity index (χ4v) is 3.95. The van der Waals surface area contributed by atoms with E-state index >= 15 is 0 Å². The number of aromatic nitrogens is 1. The van der Waals surface area contributed by atoms with Gasteiger partial charge in [0, 0.05) is 49.4 Å². The molecule has 1 fully saturated rings. The molecule has 1 atom stereocenters. The molecule has 4 rings (SSSR count). The largest absolute Gasteiger partial charge is 0.497 e. The number of pyridine rings is 1. The number of fused-ring (bicyclic) bond motifs is 1. The van der Waals surface area contributed by atoms with Gasteiger partial charge in [-0.25, -0.2) is 0 Å². The molecule has 0 saturated carbocycles. The van der Waals surface area contributed by atoms with Crippen molar-refractivity contribution < 1.29 is 9.53 Å². The van der Waals surface area contributed by atoms with E-state index in [1.165, 1.54) is 5.56 Å². The molecule has 1 aromatic heterocycles. The maximum absolute atomic E-state index is 13.2. The van der Waals surface area contributed by atoms with E-state index in [1.54, 1.807) is 13.3 Å². The van der Waals surface area contributed by atoms with Crippen LogP contribution < -0.4 is 4.74 Å². The third kappa shape index (κ3) is 3.71. The molecule has 0 N–H and O–H groups in total. The lowest BCUT2D eigenvalue weighted by Crippen LogP contribution is -2.53. The van der Waals surface area contributed by atoms with Gasteiger partial charge in [-0.2, -0.15) is 0 Å². The molecule has 2 heterocycles. The first-order valence-corrected chi connectivity index (χ1v) is 9.65. The fraction of sp³-hybridized carbons (Fsp3) is 0.304. The molecule has 1 aliphatic rings. The number of carbonyl (C=O) groups excluding carboxylic acids is 1. The minimum Gasteiger partial charge on any atom is -0.497 e. The number of benzene rings is 2. The summed E-state index contributed by atoms with van der Waals surface area (Å²) in [6, 6.07) is 17.9. The molecule has 1 amide bonds. The average Bonchev–Trinajstić information content (AvgIpc) is 2.73. The molecular formula is C23H25N3O2. The zero-order valence-corrected chi connectivity index (χ0v) is 16.3. The zero-order valence-electron chi connectivity index (χ0n) is 16.3. The van der Waals surface area contributed by atoms with Crippen LogP contribution in [0.1, 0.15) is 22.8 Å². The van der Waals surface area contributed by atoms with Crippen LogP contribution in [-0.4, -0.2) is 53.5 Å². The third-order valence-corrected chi connectivity index (χ3v) is 5.39. The van der Waals surface area contributed by atoms with Gasteiger partial charge < -0.3 is 9.64 Å². The summed E-state index contributed by atoms with van der Waals surface area (Å²) in [5.74, 6) is 0.969. The highest BCUT2D eigenvalue weighted by atomic mass is 16.5. The molecule has 1 saturated heterocycles. The Morgan fingerprint density at radius 1 is 1.14 bits per heavy atom. The number of ether oxygens (including phenoxy) is 1. The third-order valence-electron chi connectivity index (χ3n) is 5.39. The van der Waals surface area contributed by atoms with Gasteiger partial charge >= 0.3 is 0 Å². The first-order valence-electron chi connectivity index (χ1n) is 9.65. The quantitative estimate of drug-likeness (QED) is 0.699. The molecule has 5 heteroatoms. The van der Waals surface area contributed by atoms with Crippen LogP contribution >= 0.6 is 0 Å². The van der Waals surface area contributed by atoms with Crippen molar-refractivity contribution in [3.05, 3.63) is 71.9 Å². The van der Waals surface area contributed by atoms with Crippen molar-refractivity contribution in [2.45, 2.75) is 19.5 Å². The molecule has 144 valence electrons. The lowest BCUT2D eigenvalue weighted by atomic mass is 10.0. The Kier molecular flexibility index (Phi) is 5.26. The summed E-state index contributed by atoms with van der Waals surface area (Å²) < 4.78 is 5.32. The molecular weight excluding hydrogens is 350 g/mol. The van der Waals surface area contributed by atoms with Gasteiger partial charge in [0.15, 0.2) is 0 Å². The first kappa shape index (κ1) is 18.4. The Bertz CT molecular complexity index is 983. The summed E-state index contributed by atoms with van der Waals surface area (Å²) >= 11 is 0. The van der Waals surface area contributed by atoms with Gasteiger partial charge in [0.05, 0.1) is 12.6 Å². The van der Waals surface area contributed by atoms with Crippen LogP contribution in [0.5, 0.6) is 5.75 Å². The summed E-state index contributed by atoms with van der Waals surface area (Å²) in [5, 5.41) is 0.918. The molecule has 28 heavy (non-hydrogen) atoms. The van der Waals surface area contributed by atoms with Crippen molar-refractivity contribution >= 4 is 16.8 Å². The number of rotatable bonds is 4. The van der Waals surface area contributed by atoms with E-state index in [4.69, 9.17) is 4.74 Å². The molecule has 5 nitrogen and oxygen atoms in total. The van der Waals surface area contributed by atoms with Gasteiger partial charge in [0.25, 0.3) is 5.91 Å². The SMILES string of the molecule is COc1cccc(CN2CCN(C(=O)c3cccc4ncccc34)[C@@H](C)C2)c1. The lowest BCUT2D eigenvalue weighted by Gasteiger charge is -2.40. The average molecular weight is 375 g/mol. The first-order chi connectivity index (χ1) is 13.7. The summed E-state index contributed by atoms with van der Waals surface area (Å²) in [4.78, 5) is 22.0. The molecule has 0 spiro atoms. The van der Waals surface area contributed by atoms with Crippen LogP contribution in [0.4, 0.5) is 0 Å². The minimum absolute atomic E-state index is 0.0899. The van der Waals surface area contributed by atoms with Crippen molar-refractivity contribution in [2.24, 2.45) is 0 Å². The van der Waals surface area contributed by atoms with E-state index < -0.39 is 0 Å². The molecule has 3 aromatic rings. The normalized spacial score (nSPS) is 17.6. The highest BCUT2D eigenvalue weighted by Gasteiger charge is 2.28. The Morgan fingerprint density at radius 2 is 2.00 bits per heavy atom. The zero-order chi connectivity index (χ0) is 19.5. The second kappa shape index (κ2) is 7.98. The maximum Gasteiger partial charge on any atom is 0.254 e. The van der Waals surface area contributed by atoms with Crippen molar-refractivity contribution in [2.75, 3.05) is 26.7 Å². The number of hydrogen-bond acceptors (Lipinski definition) is 4. The van der Waals surface area contributed by atoms with Gasteiger partial charge in [-0.1, -0.05) is 24.3 Å². The van der Waals surface area contributed by atoms with E-state index in [-0.39, 0.29) is 11.9 Å². The highest BCUT2D eigenvalue weighted by molar-refractivity contribution is 6.06. The molecule has 1 aliphatic heterocycles. The number of nitrogens with zero attached hydrogens (tertiary/aromatic N) is 3. The summed E-state index contributed by atoms with van der Waals surface area (Å²) in [6.45, 7) is 5.42. The Balaban J connectivity index is 1.47. The van der Waals surface area contributed by atoms with E-state index in [0.29, 0.717) is 0 Å². The van der Waals surface area contributed by atoms with Crippen molar-refractivity contribution in [3.63, 3.8) is 0 Å². The van der Waals surface area contributed by atoms with Crippen LogP contribution in [0.3, 0.4) is 0 Å². The molecule has 0 unspecified atom stereocenters. The van der Waals surface area contributed by atoms with E-state index in [2.05, 4.69) is 28.9 Å². The monoisotopic (exact) mass is 375 g/mol. The molecule has 0 bridgehead atoms. The molecule has 0 radical (unpaired) electrons. The second-order valence-electron chi connectivity index (χ2n) is 7.31. The summed E-state index contributed by atoms with van der Waals surface area (Å²) in [6.07, 6.45) is 1.76. The number of hydrogen-bond donors (Lipinski definition) is 0.